The highest BCUT2D eigenvalue weighted by molar-refractivity contribution is 6.10. The van der Waals surface area contributed by atoms with Crippen LogP contribution < -0.4 is 11.1 Å². The van der Waals surface area contributed by atoms with E-state index in [9.17, 15) is 9.18 Å². The number of amides is 1. The molecule has 4 aromatic rings. The van der Waals surface area contributed by atoms with Crippen LogP contribution in [0.4, 0.5) is 10.2 Å². The summed E-state index contributed by atoms with van der Waals surface area (Å²) in [5.74, 6) is -0.351. The van der Waals surface area contributed by atoms with Crippen molar-refractivity contribution in [2.45, 2.75) is 13.0 Å². The largest absolute Gasteiger partial charge is 0.385 e. The number of nitrogens with one attached hydrogen (secondary N) is 1. The Morgan fingerprint density at radius 1 is 1.13 bits per heavy atom. The van der Waals surface area contributed by atoms with Crippen LogP contribution in [0.5, 0.6) is 0 Å². The number of nitrogens with zero attached hydrogens (tertiary/aromatic N) is 3. The number of nitrogen functional groups attached to an aromatic ring is 1. The lowest BCUT2D eigenvalue weighted by molar-refractivity contribution is 0.0951. The highest BCUT2D eigenvalue weighted by Crippen LogP contribution is 2.28. The van der Waals surface area contributed by atoms with Crippen LogP contribution in [-0.4, -0.2) is 40.7 Å². The molecule has 154 valence electrons. The zero-order valence-corrected chi connectivity index (χ0v) is 16.6. The Morgan fingerprint density at radius 2 is 1.83 bits per heavy atom. The average Bonchev–Trinajstić information content (AvgIpc) is 3.01. The molecule has 1 amide bonds. The van der Waals surface area contributed by atoms with Crippen molar-refractivity contribution < 1.29 is 13.9 Å². The first-order valence-corrected chi connectivity index (χ1v) is 9.64. The second-order valence-corrected chi connectivity index (χ2v) is 6.96. The van der Waals surface area contributed by atoms with Crippen molar-refractivity contribution in [2.75, 3.05) is 26.0 Å². The zero-order chi connectivity index (χ0) is 21.1. The van der Waals surface area contributed by atoms with Gasteiger partial charge in [-0.25, -0.2) is 14.4 Å². The van der Waals surface area contributed by atoms with Crippen LogP contribution >= 0.6 is 0 Å². The number of hydrogen-bond acceptors (Lipinski definition) is 5. The maximum absolute atomic E-state index is 13.3. The third-order valence-electron chi connectivity index (χ3n) is 4.88. The molecule has 0 saturated heterocycles. The van der Waals surface area contributed by atoms with Gasteiger partial charge in [0.25, 0.3) is 5.91 Å². The number of halogens is 1. The van der Waals surface area contributed by atoms with Crippen LogP contribution in [0.15, 0.2) is 48.5 Å². The lowest BCUT2D eigenvalue weighted by atomic mass is 10.2. The summed E-state index contributed by atoms with van der Waals surface area (Å²) in [6, 6.07) is 13.6. The molecule has 0 bridgehead atoms. The molecule has 8 heteroatoms. The van der Waals surface area contributed by atoms with E-state index in [0.29, 0.717) is 53.9 Å². The van der Waals surface area contributed by atoms with E-state index < -0.39 is 0 Å². The first kappa shape index (κ1) is 19.8. The van der Waals surface area contributed by atoms with Crippen molar-refractivity contribution >= 4 is 33.9 Å². The summed E-state index contributed by atoms with van der Waals surface area (Å²) >= 11 is 0. The van der Waals surface area contributed by atoms with Gasteiger partial charge in [0, 0.05) is 20.3 Å². The normalized spacial score (nSPS) is 11.3. The Kier molecular flexibility index (Phi) is 5.58. The molecule has 30 heavy (non-hydrogen) atoms. The van der Waals surface area contributed by atoms with Crippen molar-refractivity contribution in [1.29, 1.82) is 0 Å². The predicted molar refractivity (Wildman–Crippen MR) is 114 cm³/mol. The summed E-state index contributed by atoms with van der Waals surface area (Å²) in [7, 11) is 1.61. The van der Waals surface area contributed by atoms with E-state index in [2.05, 4.69) is 10.3 Å². The van der Waals surface area contributed by atoms with Gasteiger partial charge in [0.05, 0.1) is 17.6 Å². The molecule has 0 atom stereocenters. The van der Waals surface area contributed by atoms with Crippen LogP contribution in [0.2, 0.25) is 0 Å². The second kappa shape index (κ2) is 8.46. The number of nitrogens with two attached hydrogens (primary N) is 1. The molecular weight excluding hydrogens is 385 g/mol. The number of carbonyl (C=O) groups excluding carboxylic acids is 1. The SMILES string of the molecule is COCCCNC(=O)c1c(N)n(Cc2ccc(F)cc2)c2nc3ccccc3nc12. The van der Waals surface area contributed by atoms with Gasteiger partial charge in [-0.05, 0) is 36.2 Å². The fourth-order valence-electron chi connectivity index (χ4n) is 3.38. The molecule has 7 nitrogen and oxygen atoms in total. The zero-order valence-electron chi connectivity index (χ0n) is 16.6. The summed E-state index contributed by atoms with van der Waals surface area (Å²) in [6.07, 6.45) is 0.685. The van der Waals surface area contributed by atoms with E-state index in [0.717, 1.165) is 5.56 Å². The monoisotopic (exact) mass is 407 g/mol. The fourth-order valence-corrected chi connectivity index (χ4v) is 3.38. The number of hydrogen-bond donors (Lipinski definition) is 2. The fraction of sp³-hybridized carbons (Fsp3) is 0.227. The average molecular weight is 407 g/mol. The van der Waals surface area contributed by atoms with E-state index in [1.165, 1.54) is 12.1 Å². The third kappa shape index (κ3) is 3.81. The minimum absolute atomic E-state index is 0.272. The molecule has 2 heterocycles. The van der Waals surface area contributed by atoms with Gasteiger partial charge in [0.15, 0.2) is 5.65 Å². The smallest absolute Gasteiger partial charge is 0.257 e. The van der Waals surface area contributed by atoms with Crippen LogP contribution in [0.25, 0.3) is 22.2 Å². The number of rotatable bonds is 7. The summed E-state index contributed by atoms with van der Waals surface area (Å²) in [5.41, 5.74) is 9.88. The molecule has 0 saturated carbocycles. The Morgan fingerprint density at radius 3 is 2.53 bits per heavy atom. The molecule has 0 aliphatic heterocycles. The Hall–Kier alpha value is -3.52. The van der Waals surface area contributed by atoms with E-state index in [-0.39, 0.29) is 17.5 Å². The Bertz CT molecular complexity index is 1200. The topological polar surface area (TPSA) is 95.1 Å². The first-order valence-electron chi connectivity index (χ1n) is 9.64. The highest BCUT2D eigenvalue weighted by atomic mass is 19.1. The van der Waals surface area contributed by atoms with Gasteiger partial charge < -0.3 is 20.4 Å². The van der Waals surface area contributed by atoms with Gasteiger partial charge in [-0.3, -0.25) is 4.79 Å². The standard InChI is InChI=1S/C22H22FN5O2/c1-30-12-4-11-25-22(29)18-19-21(27-17-6-3-2-5-16(17)26-19)28(20(18)24)13-14-7-9-15(23)10-8-14/h2-3,5-10H,4,11-13,24H2,1H3,(H,25,29). The van der Waals surface area contributed by atoms with Crippen molar-refractivity contribution in [3.63, 3.8) is 0 Å². The van der Waals surface area contributed by atoms with Crippen LogP contribution in [0.3, 0.4) is 0 Å². The van der Waals surface area contributed by atoms with E-state index in [4.69, 9.17) is 15.5 Å². The van der Waals surface area contributed by atoms with E-state index in [1.807, 2.05) is 24.3 Å². The maximum atomic E-state index is 13.3. The molecular formula is C22H22FN5O2. The number of aromatic nitrogens is 3. The van der Waals surface area contributed by atoms with Gasteiger partial charge in [-0.1, -0.05) is 24.3 Å². The summed E-state index contributed by atoms with van der Waals surface area (Å²) in [4.78, 5) is 22.3. The number of carbonyl (C=O) groups is 1. The van der Waals surface area contributed by atoms with Gasteiger partial charge in [0.1, 0.15) is 22.7 Å². The second-order valence-electron chi connectivity index (χ2n) is 6.96. The molecule has 2 aromatic carbocycles. The molecule has 0 aliphatic rings. The van der Waals surface area contributed by atoms with E-state index in [1.54, 1.807) is 23.8 Å². The molecule has 4 rings (SSSR count). The van der Waals surface area contributed by atoms with Crippen LogP contribution in [0.1, 0.15) is 22.3 Å². The summed E-state index contributed by atoms with van der Waals surface area (Å²) < 4.78 is 20.1. The first-order chi connectivity index (χ1) is 14.6. The number of fused-ring (bicyclic) bond motifs is 2. The molecule has 3 N–H and O–H groups in total. The summed E-state index contributed by atoms with van der Waals surface area (Å²) in [5, 5.41) is 2.87. The van der Waals surface area contributed by atoms with Crippen LogP contribution in [-0.2, 0) is 11.3 Å². The maximum Gasteiger partial charge on any atom is 0.257 e. The van der Waals surface area contributed by atoms with Gasteiger partial charge in [-0.2, -0.15) is 0 Å². The molecule has 0 radical (unpaired) electrons. The molecule has 2 aromatic heterocycles. The lowest BCUT2D eigenvalue weighted by Crippen LogP contribution is -2.26. The van der Waals surface area contributed by atoms with Crippen molar-refractivity contribution in [1.82, 2.24) is 19.9 Å². The minimum Gasteiger partial charge on any atom is -0.385 e. The molecule has 0 unspecified atom stereocenters. The number of benzene rings is 2. The number of anilines is 1. The minimum atomic E-state index is -0.314. The number of ether oxygens (including phenoxy) is 1. The molecule has 0 fully saturated rings. The number of para-hydroxylation sites is 2. The van der Waals surface area contributed by atoms with Gasteiger partial charge >= 0.3 is 0 Å². The predicted octanol–water partition coefficient (Wildman–Crippen LogP) is 3.12. The van der Waals surface area contributed by atoms with E-state index >= 15 is 0 Å². The third-order valence-corrected chi connectivity index (χ3v) is 4.88. The van der Waals surface area contributed by atoms with Gasteiger partial charge in [0.2, 0.25) is 0 Å². The lowest BCUT2D eigenvalue weighted by Gasteiger charge is -2.08. The number of methoxy groups -OCH3 is 1. The highest BCUT2D eigenvalue weighted by Gasteiger charge is 2.23. The Labute approximate surface area is 172 Å². The quantitative estimate of drug-likeness (QED) is 0.459. The van der Waals surface area contributed by atoms with Crippen molar-refractivity contribution in [3.8, 4) is 0 Å². The Balaban J connectivity index is 1.81. The molecule has 0 aliphatic carbocycles. The van der Waals surface area contributed by atoms with Crippen molar-refractivity contribution in [2.24, 2.45) is 0 Å². The van der Waals surface area contributed by atoms with Crippen molar-refractivity contribution in [3.05, 3.63) is 65.5 Å². The van der Waals surface area contributed by atoms with Gasteiger partial charge in [-0.15, -0.1) is 0 Å². The molecule has 0 spiro atoms. The van der Waals surface area contributed by atoms with Crippen LogP contribution in [0, 0.1) is 5.82 Å². The summed E-state index contributed by atoms with van der Waals surface area (Å²) in [6.45, 7) is 1.34.